The van der Waals surface area contributed by atoms with E-state index in [2.05, 4.69) is 66.9 Å². The minimum absolute atomic E-state index is 0.588. The zero-order valence-electron chi connectivity index (χ0n) is 15.5. The number of benzene rings is 3. The molecule has 1 heterocycles. The lowest BCUT2D eigenvalue weighted by Crippen LogP contribution is -2.28. The van der Waals surface area contributed by atoms with Crippen LogP contribution >= 0.6 is 11.8 Å². The van der Waals surface area contributed by atoms with E-state index in [0.717, 1.165) is 28.0 Å². The summed E-state index contributed by atoms with van der Waals surface area (Å²) in [6.45, 7) is 1.18. The predicted octanol–water partition coefficient (Wildman–Crippen LogP) is 5.33. The van der Waals surface area contributed by atoms with Crippen molar-refractivity contribution in [1.29, 1.82) is 0 Å². The van der Waals surface area contributed by atoms with Gasteiger partial charge >= 0.3 is 0 Å². The Bertz CT molecular complexity index is 880. The van der Waals surface area contributed by atoms with Crippen LogP contribution in [-0.4, -0.2) is 26.6 Å². The van der Waals surface area contributed by atoms with Crippen LogP contribution in [0.3, 0.4) is 0 Å². The quantitative estimate of drug-likeness (QED) is 0.561. The fourth-order valence-electron chi connectivity index (χ4n) is 3.39. The van der Waals surface area contributed by atoms with E-state index in [4.69, 9.17) is 14.2 Å². The summed E-state index contributed by atoms with van der Waals surface area (Å²) in [6.07, 6.45) is 2.07. The minimum Gasteiger partial charge on any atom is -0.497 e. The summed E-state index contributed by atoms with van der Waals surface area (Å²) in [5, 5.41) is 0. The Balaban J connectivity index is 1.66. The molecule has 1 aliphatic rings. The van der Waals surface area contributed by atoms with Crippen LogP contribution in [0.4, 0.5) is 0 Å². The van der Waals surface area contributed by atoms with Crippen LogP contribution in [0.5, 0.6) is 5.75 Å². The van der Waals surface area contributed by atoms with Crippen molar-refractivity contribution in [1.82, 2.24) is 0 Å². The summed E-state index contributed by atoms with van der Waals surface area (Å²) < 4.78 is 17.5. The number of ether oxygens (including phenoxy) is 3. The van der Waals surface area contributed by atoms with Crippen molar-refractivity contribution < 1.29 is 14.2 Å². The monoisotopic (exact) mass is 378 g/mol. The molecule has 0 spiro atoms. The summed E-state index contributed by atoms with van der Waals surface area (Å²) in [4.78, 5) is 1.22. The molecule has 1 aliphatic heterocycles. The van der Waals surface area contributed by atoms with Gasteiger partial charge in [0.15, 0.2) is 0 Å². The highest BCUT2D eigenvalue weighted by atomic mass is 32.2. The van der Waals surface area contributed by atoms with E-state index in [1.807, 2.05) is 12.1 Å². The molecule has 0 unspecified atom stereocenters. The molecule has 3 aromatic carbocycles. The van der Waals surface area contributed by atoms with E-state index in [1.165, 1.54) is 4.90 Å². The molecule has 0 saturated carbocycles. The van der Waals surface area contributed by atoms with Gasteiger partial charge in [-0.1, -0.05) is 48.5 Å². The van der Waals surface area contributed by atoms with Crippen molar-refractivity contribution in [3.63, 3.8) is 0 Å². The Labute approximate surface area is 164 Å². The molecule has 0 radical (unpaired) electrons. The number of hydrogen-bond acceptors (Lipinski definition) is 4. The average molecular weight is 378 g/mol. The normalized spacial score (nSPS) is 15.6. The number of hydrogen-bond donors (Lipinski definition) is 0. The maximum Gasteiger partial charge on any atom is 0.222 e. The molecular formula is C23H22O3S. The SMILES string of the molecule is COc1ccc(-c2ccc(C3(c4ccc(SC)cc4)OCCO3)cc2)cc1. The molecule has 4 rings (SSSR count). The molecule has 0 aliphatic carbocycles. The van der Waals surface area contributed by atoms with Crippen LogP contribution < -0.4 is 4.74 Å². The molecule has 3 nitrogen and oxygen atoms in total. The zero-order valence-corrected chi connectivity index (χ0v) is 16.3. The summed E-state index contributed by atoms with van der Waals surface area (Å²) in [6, 6.07) is 24.9. The van der Waals surface area contributed by atoms with Crippen molar-refractivity contribution >= 4 is 11.8 Å². The van der Waals surface area contributed by atoms with Gasteiger partial charge in [-0.2, -0.15) is 0 Å². The van der Waals surface area contributed by atoms with Gasteiger partial charge in [0, 0.05) is 16.0 Å². The van der Waals surface area contributed by atoms with Gasteiger partial charge < -0.3 is 14.2 Å². The van der Waals surface area contributed by atoms with E-state index >= 15 is 0 Å². The lowest BCUT2D eigenvalue weighted by Gasteiger charge is -2.28. The summed E-state index contributed by atoms with van der Waals surface area (Å²) >= 11 is 1.73. The molecule has 4 heteroatoms. The first-order chi connectivity index (χ1) is 13.2. The van der Waals surface area contributed by atoms with Crippen molar-refractivity contribution in [2.45, 2.75) is 10.7 Å². The zero-order chi connectivity index (χ0) is 18.7. The third-order valence-electron chi connectivity index (χ3n) is 4.85. The second-order valence-electron chi connectivity index (χ2n) is 6.35. The maximum absolute atomic E-state index is 6.12. The topological polar surface area (TPSA) is 27.7 Å². The Morgan fingerprint density at radius 3 is 1.70 bits per heavy atom. The van der Waals surface area contributed by atoms with Crippen LogP contribution in [0, 0.1) is 0 Å². The van der Waals surface area contributed by atoms with E-state index in [9.17, 15) is 0 Å². The molecule has 0 aromatic heterocycles. The molecule has 3 aromatic rings. The largest absolute Gasteiger partial charge is 0.497 e. The summed E-state index contributed by atoms with van der Waals surface area (Å²) in [5.74, 6) is 0.0332. The van der Waals surface area contributed by atoms with Crippen LogP contribution in [0.2, 0.25) is 0 Å². The molecule has 0 amide bonds. The molecule has 0 atom stereocenters. The van der Waals surface area contributed by atoms with E-state index in [-0.39, 0.29) is 0 Å². The number of thioether (sulfide) groups is 1. The third kappa shape index (κ3) is 3.48. The lowest BCUT2D eigenvalue weighted by molar-refractivity contribution is -0.129. The number of rotatable bonds is 5. The molecule has 0 N–H and O–H groups in total. The van der Waals surface area contributed by atoms with Gasteiger partial charge in [0.25, 0.3) is 0 Å². The Morgan fingerprint density at radius 1 is 0.741 bits per heavy atom. The predicted molar refractivity (Wildman–Crippen MR) is 109 cm³/mol. The molecule has 0 bridgehead atoms. The van der Waals surface area contributed by atoms with Gasteiger partial charge in [-0.15, -0.1) is 11.8 Å². The second-order valence-corrected chi connectivity index (χ2v) is 7.23. The third-order valence-corrected chi connectivity index (χ3v) is 5.60. The van der Waals surface area contributed by atoms with E-state index in [0.29, 0.717) is 13.2 Å². The fraction of sp³-hybridized carbons (Fsp3) is 0.217. The smallest absolute Gasteiger partial charge is 0.222 e. The van der Waals surface area contributed by atoms with Gasteiger partial charge in [0.2, 0.25) is 5.79 Å². The van der Waals surface area contributed by atoms with Gasteiger partial charge in [-0.25, -0.2) is 0 Å². The van der Waals surface area contributed by atoms with E-state index < -0.39 is 5.79 Å². The van der Waals surface area contributed by atoms with Crippen molar-refractivity contribution in [3.05, 3.63) is 83.9 Å². The average Bonchev–Trinajstić information content (AvgIpc) is 3.25. The first-order valence-corrected chi connectivity index (χ1v) is 10.1. The molecule has 1 fully saturated rings. The second kappa shape index (κ2) is 7.77. The Kier molecular flexibility index (Phi) is 5.21. The van der Waals surface area contributed by atoms with Crippen LogP contribution in [0.1, 0.15) is 11.1 Å². The Hall–Kier alpha value is -2.27. The number of methoxy groups -OCH3 is 1. The minimum atomic E-state index is -0.824. The summed E-state index contributed by atoms with van der Waals surface area (Å²) in [5.41, 5.74) is 4.32. The summed E-state index contributed by atoms with van der Waals surface area (Å²) in [7, 11) is 1.68. The van der Waals surface area contributed by atoms with Crippen molar-refractivity contribution in [3.8, 4) is 16.9 Å². The van der Waals surface area contributed by atoms with Gasteiger partial charge in [0.1, 0.15) is 5.75 Å². The lowest BCUT2D eigenvalue weighted by atomic mass is 9.95. The molecule has 1 saturated heterocycles. The van der Waals surface area contributed by atoms with Gasteiger partial charge in [0.05, 0.1) is 20.3 Å². The highest BCUT2D eigenvalue weighted by Crippen LogP contribution is 2.39. The molecule has 27 heavy (non-hydrogen) atoms. The highest BCUT2D eigenvalue weighted by Gasteiger charge is 2.40. The van der Waals surface area contributed by atoms with Crippen molar-refractivity contribution in [2.24, 2.45) is 0 Å². The Morgan fingerprint density at radius 2 is 1.22 bits per heavy atom. The maximum atomic E-state index is 6.12. The van der Waals surface area contributed by atoms with Crippen molar-refractivity contribution in [2.75, 3.05) is 26.6 Å². The highest BCUT2D eigenvalue weighted by molar-refractivity contribution is 7.98. The van der Waals surface area contributed by atoms with Crippen LogP contribution in [-0.2, 0) is 15.3 Å². The van der Waals surface area contributed by atoms with Crippen LogP contribution in [0.25, 0.3) is 11.1 Å². The first kappa shape index (κ1) is 18.1. The van der Waals surface area contributed by atoms with E-state index in [1.54, 1.807) is 18.9 Å². The molecule has 138 valence electrons. The van der Waals surface area contributed by atoms with Crippen LogP contribution in [0.15, 0.2) is 77.7 Å². The fourth-order valence-corrected chi connectivity index (χ4v) is 3.80. The standard InChI is InChI=1S/C23H22O3S/c1-24-21-11-5-18(6-12-21)17-3-7-19(8-4-17)23(25-15-16-26-23)20-9-13-22(27-2)14-10-20/h3-14H,15-16H2,1-2H3. The van der Waals surface area contributed by atoms with Gasteiger partial charge in [-0.05, 0) is 41.6 Å². The first-order valence-electron chi connectivity index (χ1n) is 8.92. The van der Waals surface area contributed by atoms with Gasteiger partial charge in [-0.3, -0.25) is 0 Å². The molecular weight excluding hydrogens is 356 g/mol.